The lowest BCUT2D eigenvalue weighted by atomic mass is 9.63. The van der Waals surface area contributed by atoms with Gasteiger partial charge in [0.05, 0.1) is 6.20 Å². The van der Waals surface area contributed by atoms with Crippen LogP contribution in [0.15, 0.2) is 35.1 Å². The van der Waals surface area contributed by atoms with Crippen molar-refractivity contribution in [2.45, 2.75) is 19.9 Å². The van der Waals surface area contributed by atoms with Gasteiger partial charge >= 0.3 is 6.85 Å². The van der Waals surface area contributed by atoms with E-state index in [9.17, 15) is 0 Å². The summed E-state index contributed by atoms with van der Waals surface area (Å²) in [4.78, 5) is 8.68. The zero-order chi connectivity index (χ0) is 14.6. The average molecular weight is 280 g/mol. The topological polar surface area (TPSA) is 35.8 Å². The largest absolute Gasteiger partial charge is 0.436 e. The molecule has 21 heavy (non-hydrogen) atoms. The molecule has 0 spiro atoms. The smallest absolute Gasteiger partial charge is 0.304 e. The first-order chi connectivity index (χ1) is 10.1. The van der Waals surface area contributed by atoms with Gasteiger partial charge in [0, 0.05) is 36.2 Å². The van der Waals surface area contributed by atoms with E-state index in [0.717, 1.165) is 16.0 Å². The summed E-state index contributed by atoms with van der Waals surface area (Å²) in [5.74, 6) is 2.24. The van der Waals surface area contributed by atoms with E-state index < -0.39 is 0 Å². The molecule has 4 heterocycles. The number of hydrazine groups is 1. The second kappa shape index (κ2) is 4.31. The fourth-order valence-electron chi connectivity index (χ4n) is 2.95. The van der Waals surface area contributed by atoms with Crippen LogP contribution in [0.4, 0.5) is 0 Å². The molecule has 0 saturated heterocycles. The quantitative estimate of drug-likeness (QED) is 0.722. The molecule has 2 aliphatic heterocycles. The van der Waals surface area contributed by atoms with Crippen LogP contribution < -0.4 is 10.6 Å². The van der Waals surface area contributed by atoms with Crippen molar-refractivity contribution in [3.8, 4) is 0 Å². The van der Waals surface area contributed by atoms with Crippen LogP contribution in [-0.2, 0) is 0 Å². The molecule has 0 unspecified atom stereocenters. The van der Waals surface area contributed by atoms with Gasteiger partial charge in [0.25, 0.3) is 0 Å². The van der Waals surface area contributed by atoms with E-state index >= 15 is 0 Å². The van der Waals surface area contributed by atoms with Crippen LogP contribution in [-0.4, -0.2) is 39.9 Å². The van der Waals surface area contributed by atoms with Crippen molar-refractivity contribution in [3.63, 3.8) is 0 Å². The van der Waals surface area contributed by atoms with Crippen molar-refractivity contribution in [3.05, 3.63) is 41.4 Å². The first-order valence-electron chi connectivity index (χ1n) is 7.19. The molecule has 4 rings (SSSR count). The van der Waals surface area contributed by atoms with E-state index in [1.807, 2.05) is 6.07 Å². The maximum absolute atomic E-state index is 5.89. The van der Waals surface area contributed by atoms with Crippen molar-refractivity contribution in [2.75, 3.05) is 7.05 Å². The molecule has 106 valence electrons. The lowest BCUT2D eigenvalue weighted by molar-refractivity contribution is 0.0849. The molecule has 0 N–H and O–H groups in total. The van der Waals surface area contributed by atoms with Crippen LogP contribution in [0.5, 0.6) is 0 Å². The number of aromatic nitrogens is 1. The van der Waals surface area contributed by atoms with Gasteiger partial charge in [0.1, 0.15) is 6.17 Å². The maximum atomic E-state index is 5.89. The summed E-state index contributed by atoms with van der Waals surface area (Å²) in [6, 6.07) is 4.01. The van der Waals surface area contributed by atoms with Crippen molar-refractivity contribution in [1.29, 1.82) is 0 Å². The van der Waals surface area contributed by atoms with Crippen LogP contribution >= 0.6 is 0 Å². The fourth-order valence-corrected chi connectivity index (χ4v) is 2.95. The van der Waals surface area contributed by atoms with Crippen LogP contribution in [0.1, 0.15) is 6.92 Å². The predicted octanol–water partition coefficient (Wildman–Crippen LogP) is 0.802. The van der Waals surface area contributed by atoms with Crippen molar-refractivity contribution in [1.82, 2.24) is 19.8 Å². The predicted molar refractivity (Wildman–Crippen MR) is 83.9 cm³/mol. The van der Waals surface area contributed by atoms with Crippen LogP contribution in [0.3, 0.4) is 0 Å². The van der Waals surface area contributed by atoms with Crippen LogP contribution in [0.25, 0.3) is 23.3 Å². The molecule has 0 saturated carbocycles. The minimum Gasteiger partial charge on any atom is -0.436 e. The van der Waals surface area contributed by atoms with Gasteiger partial charge in [0.2, 0.25) is 5.71 Å². The summed E-state index contributed by atoms with van der Waals surface area (Å²) in [5.41, 5.74) is 1.57. The Balaban J connectivity index is 1.85. The van der Waals surface area contributed by atoms with E-state index in [4.69, 9.17) is 4.42 Å². The molecule has 1 atom stereocenters. The second-order valence-corrected chi connectivity index (χ2v) is 5.63. The van der Waals surface area contributed by atoms with E-state index in [1.165, 1.54) is 0 Å². The molecule has 2 aliphatic rings. The third-order valence-corrected chi connectivity index (χ3v) is 4.30. The van der Waals surface area contributed by atoms with Gasteiger partial charge in [-0.1, -0.05) is 12.8 Å². The normalized spacial score (nSPS) is 20.8. The third-order valence-electron chi connectivity index (χ3n) is 4.30. The Bertz CT molecular complexity index is 843. The highest BCUT2D eigenvalue weighted by molar-refractivity contribution is 6.70. The number of hydrogen-bond donors (Lipinski definition) is 0. The highest BCUT2D eigenvalue weighted by Crippen LogP contribution is 2.19. The van der Waals surface area contributed by atoms with Crippen molar-refractivity contribution in [2.24, 2.45) is 0 Å². The molecule has 0 amide bonds. The molecule has 0 radical (unpaired) electrons. The van der Waals surface area contributed by atoms with E-state index in [-0.39, 0.29) is 6.85 Å². The summed E-state index contributed by atoms with van der Waals surface area (Å²) < 4.78 is 5.89. The van der Waals surface area contributed by atoms with Gasteiger partial charge in [-0.2, -0.15) is 0 Å². The lowest BCUT2D eigenvalue weighted by Crippen LogP contribution is -2.52. The van der Waals surface area contributed by atoms with Crippen LogP contribution in [0, 0.1) is 0 Å². The Morgan fingerprint density at radius 1 is 1.33 bits per heavy atom. The number of fused-ring (bicyclic) bond motifs is 3. The van der Waals surface area contributed by atoms with Crippen molar-refractivity contribution >= 4 is 30.1 Å². The monoisotopic (exact) mass is 280 g/mol. The zero-order valence-electron chi connectivity index (χ0n) is 12.4. The first kappa shape index (κ1) is 12.4. The molecular formula is C15H17BN4O. The molecular weight excluding hydrogens is 263 g/mol. The van der Waals surface area contributed by atoms with Crippen LogP contribution in [0.2, 0.25) is 6.82 Å². The van der Waals surface area contributed by atoms with E-state index in [1.54, 1.807) is 6.20 Å². The Labute approximate surface area is 123 Å². The molecule has 6 heteroatoms. The fraction of sp³-hybridized carbons (Fsp3) is 0.267. The molecule has 0 aliphatic carbocycles. The Kier molecular flexibility index (Phi) is 2.54. The molecule has 0 aromatic carbocycles. The number of rotatable bonds is 1. The molecule has 0 bridgehead atoms. The Hall–Kier alpha value is -2.37. The lowest BCUT2D eigenvalue weighted by Gasteiger charge is -2.39. The number of hydrogen-bond acceptors (Lipinski definition) is 5. The number of pyridine rings is 1. The van der Waals surface area contributed by atoms with Crippen molar-refractivity contribution < 1.29 is 4.42 Å². The van der Waals surface area contributed by atoms with Gasteiger partial charge in [0.15, 0.2) is 5.42 Å². The van der Waals surface area contributed by atoms with Gasteiger partial charge < -0.3 is 14.2 Å². The van der Waals surface area contributed by atoms with Gasteiger partial charge in [-0.05, 0) is 19.1 Å². The van der Waals surface area contributed by atoms with Gasteiger partial charge in [-0.25, -0.2) is 4.98 Å². The van der Waals surface area contributed by atoms with Gasteiger partial charge in [-0.3, -0.25) is 5.01 Å². The summed E-state index contributed by atoms with van der Waals surface area (Å²) >= 11 is 0. The highest BCUT2D eigenvalue weighted by Gasteiger charge is 2.29. The summed E-state index contributed by atoms with van der Waals surface area (Å²) in [5, 5.41) is 4.44. The van der Waals surface area contributed by atoms with E-state index in [0.29, 0.717) is 11.9 Å². The minimum atomic E-state index is 0.261. The second-order valence-electron chi connectivity index (χ2n) is 5.63. The molecule has 2 aromatic rings. The summed E-state index contributed by atoms with van der Waals surface area (Å²) in [6.45, 7) is 4.63. The Morgan fingerprint density at radius 2 is 2.19 bits per heavy atom. The Morgan fingerprint density at radius 3 is 2.95 bits per heavy atom. The molecule has 0 fully saturated rings. The summed E-state index contributed by atoms with van der Waals surface area (Å²) in [6.07, 6.45) is 8.31. The SMILES string of the molecule is CB1C=c2c(oc3ncccc23)=CN1N1C=CN(C)[C@@H]1C. The molecule has 2 aromatic heterocycles. The highest BCUT2D eigenvalue weighted by atomic mass is 16.3. The van der Waals surface area contributed by atoms with E-state index in [2.05, 4.69) is 71.2 Å². The maximum Gasteiger partial charge on any atom is 0.304 e. The standard InChI is InChI=1S/C15H17BN4O/c1-11-18(3)7-8-19(11)20-10-14-13(9-16(20)2)12-5-4-6-17-15(12)21-14/h4-11H,1-3H3/t11-/m0/s1. The minimum absolute atomic E-state index is 0.261. The third kappa shape index (κ3) is 1.75. The first-order valence-corrected chi connectivity index (χ1v) is 7.19. The zero-order valence-corrected chi connectivity index (χ0v) is 12.4. The molecule has 5 nitrogen and oxygen atoms in total. The summed E-state index contributed by atoms with van der Waals surface area (Å²) in [7, 11) is 2.08. The average Bonchev–Trinajstić information content (AvgIpc) is 3.00. The van der Waals surface area contributed by atoms with Gasteiger partial charge in [-0.15, -0.1) is 0 Å². The number of furan rings is 1. The number of nitrogens with zero attached hydrogens (tertiary/aromatic N) is 4.